The summed E-state index contributed by atoms with van der Waals surface area (Å²) in [6.45, 7) is 3.54. The molecule has 7 heteroatoms. The summed E-state index contributed by atoms with van der Waals surface area (Å²) >= 11 is 0. The third kappa shape index (κ3) is 2.71. The Morgan fingerprint density at radius 3 is 2.50 bits per heavy atom. The summed E-state index contributed by atoms with van der Waals surface area (Å²) in [5, 5.41) is 9.27. The van der Waals surface area contributed by atoms with E-state index >= 15 is 0 Å². The number of nitrogens with zero attached hydrogens (tertiary/aromatic N) is 3. The van der Waals surface area contributed by atoms with Gasteiger partial charge in [-0.25, -0.2) is 4.79 Å². The molecule has 0 bridgehead atoms. The van der Waals surface area contributed by atoms with E-state index in [9.17, 15) is 19.5 Å². The van der Waals surface area contributed by atoms with Crippen LogP contribution in [0.15, 0.2) is 0 Å². The summed E-state index contributed by atoms with van der Waals surface area (Å²) in [5.74, 6) is -0.952. The van der Waals surface area contributed by atoms with Gasteiger partial charge in [0.2, 0.25) is 5.91 Å². The van der Waals surface area contributed by atoms with Crippen LogP contribution in [-0.2, 0) is 9.59 Å². The van der Waals surface area contributed by atoms with Crippen LogP contribution >= 0.6 is 0 Å². The van der Waals surface area contributed by atoms with E-state index in [4.69, 9.17) is 0 Å². The summed E-state index contributed by atoms with van der Waals surface area (Å²) in [6.07, 6.45) is 1.25. The Morgan fingerprint density at radius 1 is 1.20 bits per heavy atom. The molecule has 2 aliphatic heterocycles. The zero-order valence-electron chi connectivity index (χ0n) is 12.0. The maximum absolute atomic E-state index is 12.4. The highest BCUT2D eigenvalue weighted by molar-refractivity contribution is 5.85. The molecule has 0 radical (unpaired) electrons. The number of aliphatic carboxylic acids is 1. The normalized spacial score (nSPS) is 27.7. The van der Waals surface area contributed by atoms with Crippen molar-refractivity contribution in [2.45, 2.75) is 19.8 Å². The Morgan fingerprint density at radius 2 is 1.90 bits per heavy atom. The number of amides is 3. The van der Waals surface area contributed by atoms with Crippen LogP contribution in [0.3, 0.4) is 0 Å². The summed E-state index contributed by atoms with van der Waals surface area (Å²) < 4.78 is 0. The van der Waals surface area contributed by atoms with E-state index in [-0.39, 0.29) is 25.0 Å². The lowest BCUT2D eigenvalue weighted by atomic mass is 9.82. The van der Waals surface area contributed by atoms with Gasteiger partial charge in [-0.15, -0.1) is 0 Å². The van der Waals surface area contributed by atoms with Crippen molar-refractivity contribution >= 4 is 17.9 Å². The first-order valence-electron chi connectivity index (χ1n) is 6.85. The molecule has 7 nitrogen and oxygen atoms in total. The number of hydrogen-bond acceptors (Lipinski definition) is 3. The van der Waals surface area contributed by atoms with Gasteiger partial charge in [0.1, 0.15) is 6.54 Å². The molecule has 0 saturated carbocycles. The number of carbonyl (C=O) groups excluding carboxylic acids is 2. The van der Waals surface area contributed by atoms with Crippen LogP contribution in [0.4, 0.5) is 4.79 Å². The molecule has 20 heavy (non-hydrogen) atoms. The molecule has 2 saturated heterocycles. The number of carbonyl (C=O) groups is 3. The molecule has 0 aliphatic carbocycles. The minimum absolute atomic E-state index is 0.0790. The quantitative estimate of drug-likeness (QED) is 0.738. The highest BCUT2D eigenvalue weighted by atomic mass is 16.4. The molecule has 1 unspecified atom stereocenters. The lowest BCUT2D eigenvalue weighted by Crippen LogP contribution is -2.57. The summed E-state index contributed by atoms with van der Waals surface area (Å²) in [6, 6.07) is -0.223. The third-order valence-corrected chi connectivity index (χ3v) is 4.21. The van der Waals surface area contributed by atoms with Crippen LogP contribution in [0.2, 0.25) is 0 Å². The first kappa shape index (κ1) is 14.6. The molecule has 112 valence electrons. The van der Waals surface area contributed by atoms with Gasteiger partial charge in [0.15, 0.2) is 0 Å². The molecule has 2 rings (SSSR count). The van der Waals surface area contributed by atoms with E-state index in [1.165, 1.54) is 4.90 Å². The summed E-state index contributed by atoms with van der Waals surface area (Å²) in [7, 11) is 1.71. The third-order valence-electron chi connectivity index (χ3n) is 4.21. The van der Waals surface area contributed by atoms with Gasteiger partial charge in [0, 0.05) is 33.2 Å². The number of urea groups is 1. The lowest BCUT2D eigenvalue weighted by Gasteiger charge is -2.41. The van der Waals surface area contributed by atoms with Crippen molar-refractivity contribution in [3.63, 3.8) is 0 Å². The number of hydrogen-bond donors (Lipinski definition) is 1. The molecule has 0 aromatic carbocycles. The number of rotatable bonds is 1. The molecular formula is C13H21N3O4. The Balaban J connectivity index is 2.02. The number of piperidine rings is 1. The first-order chi connectivity index (χ1) is 9.33. The van der Waals surface area contributed by atoms with E-state index < -0.39 is 11.4 Å². The Hall–Kier alpha value is -1.79. The molecule has 3 amide bonds. The van der Waals surface area contributed by atoms with Crippen molar-refractivity contribution in [2.75, 3.05) is 39.8 Å². The van der Waals surface area contributed by atoms with Crippen molar-refractivity contribution in [3.8, 4) is 0 Å². The number of likely N-dealkylation sites (tertiary alicyclic amines) is 1. The molecular weight excluding hydrogens is 262 g/mol. The molecule has 2 aliphatic rings. The average Bonchev–Trinajstić information content (AvgIpc) is 2.41. The van der Waals surface area contributed by atoms with Crippen LogP contribution in [0.1, 0.15) is 19.8 Å². The minimum Gasteiger partial charge on any atom is -0.481 e. The first-order valence-corrected chi connectivity index (χ1v) is 6.85. The number of likely N-dealkylation sites (N-methyl/N-ethyl adjacent to an activating group) is 1. The average molecular weight is 283 g/mol. The molecule has 0 aromatic heterocycles. The van der Waals surface area contributed by atoms with Gasteiger partial charge >= 0.3 is 12.0 Å². The largest absolute Gasteiger partial charge is 0.481 e. The van der Waals surface area contributed by atoms with Crippen LogP contribution in [0, 0.1) is 5.41 Å². The number of carboxylic acid groups (broad SMARTS) is 1. The zero-order chi connectivity index (χ0) is 14.9. The molecule has 2 fully saturated rings. The van der Waals surface area contributed by atoms with Crippen molar-refractivity contribution in [1.82, 2.24) is 14.7 Å². The maximum atomic E-state index is 12.4. The highest BCUT2D eigenvalue weighted by Crippen LogP contribution is 2.30. The van der Waals surface area contributed by atoms with Crippen LogP contribution in [0.25, 0.3) is 0 Å². The zero-order valence-corrected chi connectivity index (χ0v) is 12.0. The van der Waals surface area contributed by atoms with E-state index in [0.717, 1.165) is 0 Å². The van der Waals surface area contributed by atoms with Crippen LogP contribution in [0.5, 0.6) is 0 Å². The Kier molecular flexibility index (Phi) is 3.87. The Labute approximate surface area is 118 Å². The van der Waals surface area contributed by atoms with Crippen LogP contribution in [-0.4, -0.2) is 77.5 Å². The fraction of sp³-hybridized carbons (Fsp3) is 0.769. The van der Waals surface area contributed by atoms with Crippen molar-refractivity contribution in [1.29, 1.82) is 0 Å². The van der Waals surface area contributed by atoms with Crippen molar-refractivity contribution < 1.29 is 19.5 Å². The minimum atomic E-state index is -0.884. The molecule has 1 N–H and O–H groups in total. The highest BCUT2D eigenvalue weighted by Gasteiger charge is 2.41. The van der Waals surface area contributed by atoms with Crippen molar-refractivity contribution in [2.24, 2.45) is 5.41 Å². The lowest BCUT2D eigenvalue weighted by molar-refractivity contribution is -0.150. The van der Waals surface area contributed by atoms with E-state index in [1.807, 2.05) is 0 Å². The molecule has 1 atom stereocenters. The number of carboxylic acids is 1. The van der Waals surface area contributed by atoms with E-state index in [1.54, 1.807) is 23.8 Å². The second-order valence-corrected chi connectivity index (χ2v) is 5.91. The van der Waals surface area contributed by atoms with Gasteiger partial charge in [-0.1, -0.05) is 0 Å². The van der Waals surface area contributed by atoms with Gasteiger partial charge in [-0.3, -0.25) is 9.59 Å². The van der Waals surface area contributed by atoms with E-state index in [0.29, 0.717) is 32.5 Å². The van der Waals surface area contributed by atoms with Gasteiger partial charge in [0.25, 0.3) is 0 Å². The molecule has 2 heterocycles. The van der Waals surface area contributed by atoms with Crippen LogP contribution < -0.4 is 0 Å². The molecule has 0 spiro atoms. The SMILES string of the molecule is CN1CCN(C(=O)N2CCCC(C)(C(=O)O)C2)CC1=O. The van der Waals surface area contributed by atoms with Gasteiger partial charge < -0.3 is 19.8 Å². The standard InChI is InChI=1S/C13H21N3O4/c1-13(11(18)19)4-3-5-16(9-13)12(20)15-7-6-14(2)10(17)8-15/h3-9H2,1-2H3,(H,18,19). The second kappa shape index (κ2) is 5.30. The maximum Gasteiger partial charge on any atom is 0.320 e. The second-order valence-electron chi connectivity index (χ2n) is 5.91. The fourth-order valence-electron chi connectivity index (χ4n) is 2.70. The summed E-state index contributed by atoms with van der Waals surface area (Å²) in [4.78, 5) is 40.0. The van der Waals surface area contributed by atoms with Gasteiger partial charge in [0.05, 0.1) is 5.41 Å². The van der Waals surface area contributed by atoms with E-state index in [2.05, 4.69) is 0 Å². The predicted molar refractivity (Wildman–Crippen MR) is 71.2 cm³/mol. The van der Waals surface area contributed by atoms with Crippen molar-refractivity contribution in [3.05, 3.63) is 0 Å². The number of piperazine rings is 1. The Bertz CT molecular complexity index is 439. The van der Waals surface area contributed by atoms with Gasteiger partial charge in [-0.05, 0) is 19.8 Å². The molecule has 0 aromatic rings. The topological polar surface area (TPSA) is 81.2 Å². The summed E-state index contributed by atoms with van der Waals surface area (Å²) in [5.41, 5.74) is -0.884. The fourth-order valence-corrected chi connectivity index (χ4v) is 2.70. The smallest absolute Gasteiger partial charge is 0.320 e. The predicted octanol–water partition coefficient (Wildman–Crippen LogP) is 0.0671. The monoisotopic (exact) mass is 283 g/mol. The van der Waals surface area contributed by atoms with Gasteiger partial charge in [-0.2, -0.15) is 0 Å².